The maximum absolute atomic E-state index is 12.1. The molecule has 0 saturated carbocycles. The Labute approximate surface area is 105 Å². The quantitative estimate of drug-likeness (QED) is 0.869. The molecule has 0 aliphatic heterocycles. The Balaban J connectivity index is 2.24. The molecule has 4 nitrogen and oxygen atoms in total. The molecule has 2 aromatic rings. The minimum atomic E-state index is -0.195. The van der Waals surface area contributed by atoms with Crippen molar-refractivity contribution in [3.8, 4) is 5.75 Å². The van der Waals surface area contributed by atoms with Gasteiger partial charge in [-0.25, -0.2) is 0 Å². The van der Waals surface area contributed by atoms with E-state index in [0.717, 1.165) is 5.56 Å². The van der Waals surface area contributed by atoms with Crippen LogP contribution in [0.5, 0.6) is 5.75 Å². The van der Waals surface area contributed by atoms with Gasteiger partial charge in [0.05, 0.1) is 11.9 Å². The van der Waals surface area contributed by atoms with Crippen molar-refractivity contribution in [2.75, 3.05) is 5.32 Å². The smallest absolute Gasteiger partial charge is 0.255 e. The van der Waals surface area contributed by atoms with Gasteiger partial charge < -0.3 is 10.4 Å². The molecule has 0 spiro atoms. The summed E-state index contributed by atoms with van der Waals surface area (Å²) in [7, 11) is 0. The predicted molar refractivity (Wildman–Crippen MR) is 69.7 cm³/mol. The Bertz CT molecular complexity index is 553. The number of hydrogen-bond donors (Lipinski definition) is 2. The lowest BCUT2D eigenvalue weighted by molar-refractivity contribution is 0.102. The van der Waals surface area contributed by atoms with E-state index >= 15 is 0 Å². The molecule has 0 aliphatic carbocycles. The number of rotatable bonds is 3. The number of hydrogen-bond acceptors (Lipinski definition) is 3. The van der Waals surface area contributed by atoms with Crippen molar-refractivity contribution in [2.45, 2.75) is 13.3 Å². The summed E-state index contributed by atoms with van der Waals surface area (Å²) in [6, 6.07) is 8.28. The molecule has 0 radical (unpaired) electrons. The van der Waals surface area contributed by atoms with Crippen molar-refractivity contribution < 1.29 is 9.90 Å². The minimum absolute atomic E-state index is 0.171. The molecule has 1 heterocycles. The summed E-state index contributed by atoms with van der Waals surface area (Å²) in [5, 5.41) is 12.2. The van der Waals surface area contributed by atoms with Gasteiger partial charge in [-0.1, -0.05) is 6.92 Å². The third-order valence-corrected chi connectivity index (χ3v) is 2.63. The van der Waals surface area contributed by atoms with Crippen molar-refractivity contribution in [2.24, 2.45) is 0 Å². The van der Waals surface area contributed by atoms with Crippen molar-refractivity contribution in [3.05, 3.63) is 53.9 Å². The Kier molecular flexibility index (Phi) is 3.57. The zero-order valence-corrected chi connectivity index (χ0v) is 10.1. The summed E-state index contributed by atoms with van der Waals surface area (Å²) in [6.45, 7) is 1.94. The number of aromatic nitrogens is 1. The van der Waals surface area contributed by atoms with Crippen LogP contribution < -0.4 is 5.32 Å². The van der Waals surface area contributed by atoms with E-state index in [1.165, 1.54) is 6.07 Å². The topological polar surface area (TPSA) is 62.2 Å². The molecule has 1 aromatic heterocycles. The van der Waals surface area contributed by atoms with Crippen LogP contribution in [0, 0.1) is 0 Å². The fourth-order valence-electron chi connectivity index (χ4n) is 1.73. The highest BCUT2D eigenvalue weighted by Crippen LogP contribution is 2.18. The summed E-state index contributed by atoms with van der Waals surface area (Å²) in [5.74, 6) is -0.0235. The van der Waals surface area contributed by atoms with E-state index in [0.29, 0.717) is 17.7 Å². The Hall–Kier alpha value is -2.36. The van der Waals surface area contributed by atoms with Crippen LogP contribution in [-0.2, 0) is 6.42 Å². The normalized spacial score (nSPS) is 10.1. The van der Waals surface area contributed by atoms with Crippen LogP contribution in [0.1, 0.15) is 22.8 Å². The third-order valence-electron chi connectivity index (χ3n) is 2.63. The maximum atomic E-state index is 12.1. The van der Waals surface area contributed by atoms with Gasteiger partial charge in [0, 0.05) is 11.8 Å². The summed E-state index contributed by atoms with van der Waals surface area (Å²) in [4.78, 5) is 16.0. The van der Waals surface area contributed by atoms with E-state index in [1.54, 1.807) is 36.7 Å². The second-order valence-electron chi connectivity index (χ2n) is 3.89. The maximum Gasteiger partial charge on any atom is 0.255 e. The molecule has 0 unspecified atom stereocenters. The first-order valence-electron chi connectivity index (χ1n) is 5.74. The Morgan fingerprint density at radius 3 is 2.89 bits per heavy atom. The molecule has 2 rings (SSSR count). The van der Waals surface area contributed by atoms with Gasteiger partial charge in [0.15, 0.2) is 0 Å². The van der Waals surface area contributed by atoms with E-state index in [4.69, 9.17) is 0 Å². The summed E-state index contributed by atoms with van der Waals surface area (Å²) >= 11 is 0. The number of carbonyl (C=O) groups is 1. The van der Waals surface area contributed by atoms with Gasteiger partial charge in [-0.15, -0.1) is 0 Å². The van der Waals surface area contributed by atoms with Crippen LogP contribution in [0.25, 0.3) is 0 Å². The number of carbonyl (C=O) groups excluding carboxylic acids is 1. The lowest BCUT2D eigenvalue weighted by Crippen LogP contribution is -2.14. The van der Waals surface area contributed by atoms with Gasteiger partial charge in [-0.05, 0) is 42.3 Å². The number of nitrogens with zero attached hydrogens (tertiary/aromatic N) is 1. The van der Waals surface area contributed by atoms with Gasteiger partial charge in [0.2, 0.25) is 0 Å². The first-order valence-corrected chi connectivity index (χ1v) is 5.74. The van der Waals surface area contributed by atoms with E-state index in [2.05, 4.69) is 10.3 Å². The zero-order chi connectivity index (χ0) is 13.0. The monoisotopic (exact) mass is 242 g/mol. The number of anilines is 1. The largest absolute Gasteiger partial charge is 0.508 e. The second kappa shape index (κ2) is 5.31. The molecule has 2 N–H and O–H groups in total. The first kappa shape index (κ1) is 12.1. The Morgan fingerprint density at radius 2 is 2.22 bits per heavy atom. The molecule has 0 bridgehead atoms. The highest BCUT2D eigenvalue weighted by Gasteiger charge is 2.11. The third kappa shape index (κ3) is 2.66. The Morgan fingerprint density at radius 1 is 1.39 bits per heavy atom. The molecule has 0 aliphatic rings. The molecule has 0 atom stereocenters. The fourth-order valence-corrected chi connectivity index (χ4v) is 1.73. The highest BCUT2D eigenvalue weighted by molar-refractivity contribution is 6.05. The summed E-state index contributed by atoms with van der Waals surface area (Å²) < 4.78 is 0. The van der Waals surface area contributed by atoms with E-state index in [9.17, 15) is 9.90 Å². The average Bonchev–Trinajstić information content (AvgIpc) is 2.39. The lowest BCUT2D eigenvalue weighted by Gasteiger charge is -2.09. The lowest BCUT2D eigenvalue weighted by atomic mass is 10.0. The van der Waals surface area contributed by atoms with Crippen molar-refractivity contribution >= 4 is 11.6 Å². The number of nitrogens with one attached hydrogen (secondary N) is 1. The zero-order valence-electron chi connectivity index (χ0n) is 10.1. The highest BCUT2D eigenvalue weighted by atomic mass is 16.3. The number of phenols is 1. The number of aryl methyl sites for hydroxylation is 1. The van der Waals surface area contributed by atoms with Gasteiger partial charge in [-0.2, -0.15) is 0 Å². The molecule has 4 heteroatoms. The van der Waals surface area contributed by atoms with E-state index in [1.807, 2.05) is 6.92 Å². The van der Waals surface area contributed by atoms with E-state index in [-0.39, 0.29) is 11.7 Å². The van der Waals surface area contributed by atoms with Crippen LogP contribution in [0.3, 0.4) is 0 Å². The SMILES string of the molecule is CCc1cc(O)ccc1C(=O)Nc1cccnc1. The van der Waals surface area contributed by atoms with Crippen molar-refractivity contribution in [1.29, 1.82) is 0 Å². The standard InChI is InChI=1S/C14H14N2O2/c1-2-10-8-12(17)5-6-13(10)14(18)16-11-4-3-7-15-9-11/h3-9,17H,2H2,1H3,(H,16,18). The summed E-state index contributed by atoms with van der Waals surface area (Å²) in [5.41, 5.74) is 2.04. The van der Waals surface area contributed by atoms with Crippen molar-refractivity contribution in [1.82, 2.24) is 4.98 Å². The molecular weight excluding hydrogens is 228 g/mol. The van der Waals surface area contributed by atoms with Crippen LogP contribution >= 0.6 is 0 Å². The number of benzene rings is 1. The predicted octanol–water partition coefficient (Wildman–Crippen LogP) is 2.60. The molecule has 1 aromatic carbocycles. The number of pyridine rings is 1. The van der Waals surface area contributed by atoms with Crippen LogP contribution in [0.4, 0.5) is 5.69 Å². The average molecular weight is 242 g/mol. The van der Waals surface area contributed by atoms with Gasteiger partial charge in [0.1, 0.15) is 5.75 Å². The van der Waals surface area contributed by atoms with Gasteiger partial charge in [0.25, 0.3) is 5.91 Å². The van der Waals surface area contributed by atoms with Crippen molar-refractivity contribution in [3.63, 3.8) is 0 Å². The van der Waals surface area contributed by atoms with Crippen LogP contribution in [-0.4, -0.2) is 16.0 Å². The number of amides is 1. The minimum Gasteiger partial charge on any atom is -0.508 e. The molecule has 92 valence electrons. The number of phenolic OH excluding ortho intramolecular Hbond substituents is 1. The summed E-state index contributed by atoms with van der Waals surface area (Å²) in [6.07, 6.45) is 3.92. The molecule has 18 heavy (non-hydrogen) atoms. The second-order valence-corrected chi connectivity index (χ2v) is 3.89. The molecule has 0 fully saturated rings. The van der Waals surface area contributed by atoms with Crippen LogP contribution in [0.15, 0.2) is 42.7 Å². The number of aromatic hydroxyl groups is 1. The van der Waals surface area contributed by atoms with E-state index < -0.39 is 0 Å². The van der Waals surface area contributed by atoms with Gasteiger partial charge >= 0.3 is 0 Å². The molecule has 1 amide bonds. The molecular formula is C14H14N2O2. The molecule has 0 saturated heterocycles. The van der Waals surface area contributed by atoms with Crippen LogP contribution in [0.2, 0.25) is 0 Å². The first-order chi connectivity index (χ1) is 8.70. The van der Waals surface area contributed by atoms with Gasteiger partial charge in [-0.3, -0.25) is 9.78 Å². The fraction of sp³-hybridized carbons (Fsp3) is 0.143.